The molecule has 0 aliphatic carbocycles. The first-order chi connectivity index (χ1) is 7.22. The van der Waals surface area contributed by atoms with E-state index in [1.165, 1.54) is 0 Å². The number of nitrogens with zero attached hydrogens (tertiary/aromatic N) is 3. The maximum Gasteiger partial charge on any atom is 0.138 e. The lowest BCUT2D eigenvalue weighted by molar-refractivity contribution is 0.920. The Balaban J connectivity index is 2.51. The largest absolute Gasteiger partial charge is 0.288 e. The van der Waals surface area contributed by atoms with Crippen molar-refractivity contribution >= 4 is 23.2 Å². The summed E-state index contributed by atoms with van der Waals surface area (Å²) in [6.07, 6.45) is 3.58. The molecule has 0 saturated heterocycles. The smallest absolute Gasteiger partial charge is 0.138 e. The van der Waals surface area contributed by atoms with Gasteiger partial charge in [-0.2, -0.15) is 0 Å². The van der Waals surface area contributed by atoms with Crippen molar-refractivity contribution in [3.63, 3.8) is 0 Å². The van der Waals surface area contributed by atoms with Crippen molar-refractivity contribution < 1.29 is 0 Å². The average molecular weight is 242 g/mol. The van der Waals surface area contributed by atoms with Crippen LogP contribution < -0.4 is 0 Å². The van der Waals surface area contributed by atoms with Gasteiger partial charge in [0, 0.05) is 12.4 Å². The Hall–Kier alpha value is -1.06. The van der Waals surface area contributed by atoms with Gasteiger partial charge in [0.1, 0.15) is 11.6 Å². The summed E-state index contributed by atoms with van der Waals surface area (Å²) in [7, 11) is 0. The van der Waals surface area contributed by atoms with E-state index in [1.54, 1.807) is 12.3 Å². The number of pyridine rings is 1. The van der Waals surface area contributed by atoms with E-state index in [-0.39, 0.29) is 0 Å². The number of aromatic nitrogens is 3. The molecule has 0 aliphatic heterocycles. The van der Waals surface area contributed by atoms with Crippen molar-refractivity contribution in [2.75, 3.05) is 0 Å². The van der Waals surface area contributed by atoms with Gasteiger partial charge in [-0.15, -0.1) is 11.6 Å². The average Bonchev–Trinajstić information content (AvgIpc) is 2.65. The Labute approximate surface area is 97.7 Å². The molecule has 0 unspecified atom stereocenters. The van der Waals surface area contributed by atoms with Crippen LogP contribution in [0.2, 0.25) is 5.02 Å². The van der Waals surface area contributed by atoms with Crippen LogP contribution in [-0.4, -0.2) is 14.5 Å². The Bertz CT molecular complexity index is 479. The van der Waals surface area contributed by atoms with Crippen molar-refractivity contribution in [3.8, 4) is 5.82 Å². The second-order valence-electron chi connectivity index (χ2n) is 3.08. The zero-order valence-corrected chi connectivity index (χ0v) is 9.63. The standard InChI is InChI=1S/C10H9Cl2N3/c1-7-13-4-5-15(7)10-3-2-8(12)9(6-11)14-10/h2-5H,6H2,1H3. The minimum absolute atomic E-state index is 0.306. The molecule has 0 amide bonds. The third-order valence-electron chi connectivity index (χ3n) is 2.10. The third kappa shape index (κ3) is 1.98. The number of aryl methyl sites for hydroxylation is 1. The molecule has 78 valence electrons. The van der Waals surface area contributed by atoms with Gasteiger partial charge in [-0.1, -0.05) is 11.6 Å². The topological polar surface area (TPSA) is 30.7 Å². The molecule has 0 N–H and O–H groups in total. The lowest BCUT2D eigenvalue weighted by Gasteiger charge is -2.06. The van der Waals surface area contributed by atoms with Crippen LogP contribution in [0.3, 0.4) is 0 Å². The quantitative estimate of drug-likeness (QED) is 0.758. The second-order valence-corrected chi connectivity index (χ2v) is 3.75. The van der Waals surface area contributed by atoms with Crippen molar-refractivity contribution in [2.45, 2.75) is 12.8 Å². The van der Waals surface area contributed by atoms with E-state index in [0.717, 1.165) is 11.6 Å². The minimum atomic E-state index is 0.306. The summed E-state index contributed by atoms with van der Waals surface area (Å²) in [5.74, 6) is 1.97. The molecule has 0 spiro atoms. The fourth-order valence-electron chi connectivity index (χ4n) is 1.32. The van der Waals surface area contributed by atoms with Gasteiger partial charge in [0.25, 0.3) is 0 Å². The molecule has 0 aliphatic rings. The van der Waals surface area contributed by atoms with Crippen LogP contribution in [0.5, 0.6) is 0 Å². The summed E-state index contributed by atoms with van der Waals surface area (Å²) >= 11 is 11.7. The Morgan fingerprint density at radius 2 is 2.20 bits per heavy atom. The van der Waals surface area contributed by atoms with E-state index in [0.29, 0.717) is 16.6 Å². The van der Waals surface area contributed by atoms with Crippen molar-refractivity contribution in [2.24, 2.45) is 0 Å². The second kappa shape index (κ2) is 4.21. The molecule has 0 radical (unpaired) electrons. The first-order valence-corrected chi connectivity index (χ1v) is 5.35. The van der Waals surface area contributed by atoms with Gasteiger partial charge in [0.2, 0.25) is 0 Å². The molecule has 0 fully saturated rings. The van der Waals surface area contributed by atoms with E-state index < -0.39 is 0 Å². The molecule has 0 bridgehead atoms. The van der Waals surface area contributed by atoms with Crippen LogP contribution in [0.15, 0.2) is 24.5 Å². The summed E-state index contributed by atoms with van der Waals surface area (Å²) < 4.78 is 1.88. The molecule has 2 rings (SSSR count). The summed E-state index contributed by atoms with van der Waals surface area (Å²) in [5, 5.41) is 0.589. The molecule has 2 heterocycles. The predicted octanol–water partition coefficient (Wildman–Crippen LogP) is 2.97. The zero-order valence-electron chi connectivity index (χ0n) is 8.11. The summed E-state index contributed by atoms with van der Waals surface area (Å²) in [6, 6.07) is 3.63. The molecule has 5 heteroatoms. The van der Waals surface area contributed by atoms with Crippen molar-refractivity contribution in [1.29, 1.82) is 0 Å². The lowest BCUT2D eigenvalue weighted by atomic mass is 10.3. The molecular formula is C10H9Cl2N3. The van der Waals surface area contributed by atoms with Crippen molar-refractivity contribution in [3.05, 3.63) is 41.1 Å². The van der Waals surface area contributed by atoms with E-state index in [2.05, 4.69) is 9.97 Å². The van der Waals surface area contributed by atoms with Gasteiger partial charge < -0.3 is 0 Å². The van der Waals surface area contributed by atoms with Crippen LogP contribution in [0.1, 0.15) is 11.5 Å². The van der Waals surface area contributed by atoms with Gasteiger partial charge in [-0.05, 0) is 19.1 Å². The van der Waals surface area contributed by atoms with Gasteiger partial charge in [0.15, 0.2) is 0 Å². The minimum Gasteiger partial charge on any atom is -0.288 e. The predicted molar refractivity (Wildman–Crippen MR) is 60.7 cm³/mol. The number of alkyl halides is 1. The molecule has 3 nitrogen and oxygen atoms in total. The van der Waals surface area contributed by atoms with Gasteiger partial charge in [-0.25, -0.2) is 9.97 Å². The SMILES string of the molecule is Cc1nccn1-c1ccc(Cl)c(CCl)n1. The molecule has 0 saturated carbocycles. The number of hydrogen-bond donors (Lipinski definition) is 0. The first-order valence-electron chi connectivity index (χ1n) is 4.44. The van der Waals surface area contributed by atoms with Crippen molar-refractivity contribution in [1.82, 2.24) is 14.5 Å². The molecule has 2 aromatic rings. The van der Waals surface area contributed by atoms with Crippen LogP contribution in [0.4, 0.5) is 0 Å². The molecule has 0 atom stereocenters. The third-order valence-corrected chi connectivity index (χ3v) is 2.70. The zero-order chi connectivity index (χ0) is 10.8. The van der Waals surface area contributed by atoms with E-state index in [9.17, 15) is 0 Å². The number of halogens is 2. The molecule has 15 heavy (non-hydrogen) atoms. The summed E-state index contributed by atoms with van der Waals surface area (Å²) in [6.45, 7) is 1.91. The van der Waals surface area contributed by atoms with Crippen LogP contribution in [0, 0.1) is 6.92 Å². The van der Waals surface area contributed by atoms with Gasteiger partial charge in [0.05, 0.1) is 16.6 Å². The highest BCUT2D eigenvalue weighted by Crippen LogP contribution is 2.18. The highest BCUT2D eigenvalue weighted by molar-refractivity contribution is 6.32. The Morgan fingerprint density at radius 3 is 2.80 bits per heavy atom. The van der Waals surface area contributed by atoms with Gasteiger partial charge >= 0.3 is 0 Å². The maximum absolute atomic E-state index is 5.93. The number of rotatable bonds is 2. The normalized spacial score (nSPS) is 10.6. The van der Waals surface area contributed by atoms with Crippen LogP contribution in [-0.2, 0) is 5.88 Å². The van der Waals surface area contributed by atoms with E-state index in [4.69, 9.17) is 23.2 Å². The summed E-state index contributed by atoms with van der Waals surface area (Å²) in [5.41, 5.74) is 0.684. The summed E-state index contributed by atoms with van der Waals surface area (Å²) in [4.78, 5) is 8.48. The van der Waals surface area contributed by atoms with Crippen LogP contribution >= 0.6 is 23.2 Å². The fourth-order valence-corrected chi connectivity index (χ4v) is 1.76. The maximum atomic E-state index is 5.93. The molecular weight excluding hydrogens is 233 g/mol. The fraction of sp³-hybridized carbons (Fsp3) is 0.200. The molecule has 2 aromatic heterocycles. The Morgan fingerprint density at radius 1 is 1.40 bits per heavy atom. The highest BCUT2D eigenvalue weighted by atomic mass is 35.5. The first kappa shape index (κ1) is 10.5. The highest BCUT2D eigenvalue weighted by Gasteiger charge is 2.05. The number of hydrogen-bond acceptors (Lipinski definition) is 2. The van der Waals surface area contributed by atoms with Gasteiger partial charge in [-0.3, -0.25) is 4.57 Å². The van der Waals surface area contributed by atoms with Crippen LogP contribution in [0.25, 0.3) is 5.82 Å². The molecule has 0 aromatic carbocycles. The number of imidazole rings is 1. The monoisotopic (exact) mass is 241 g/mol. The lowest BCUT2D eigenvalue weighted by Crippen LogP contribution is -2.00. The van der Waals surface area contributed by atoms with E-state index in [1.807, 2.05) is 23.8 Å². The van der Waals surface area contributed by atoms with E-state index >= 15 is 0 Å². The Kier molecular flexibility index (Phi) is 2.93.